The molecule has 0 saturated heterocycles. The largest absolute Gasteiger partial charge is 0.0805 e. The maximum atomic E-state index is 2.42. The van der Waals surface area contributed by atoms with Crippen molar-refractivity contribution in [3.63, 3.8) is 0 Å². The molecule has 0 fully saturated rings. The Morgan fingerprint density at radius 2 is 2.10 bits per heavy atom. The van der Waals surface area contributed by atoms with E-state index in [1.165, 1.54) is 12.5 Å². The van der Waals surface area contributed by atoms with Gasteiger partial charge in [-0.05, 0) is 12.5 Å². The molecule has 0 aromatic carbocycles. The lowest BCUT2D eigenvalue weighted by Crippen LogP contribution is -2.19. The second-order valence-electron chi connectivity index (χ2n) is 4.15. The van der Waals surface area contributed by atoms with E-state index < -0.39 is 8.07 Å². The first-order valence-electron chi connectivity index (χ1n) is 3.93. The van der Waals surface area contributed by atoms with Crippen LogP contribution in [0, 0.1) is 0 Å². The van der Waals surface area contributed by atoms with Crippen LogP contribution in [0.25, 0.3) is 0 Å². The Bertz CT molecular complexity index is 170. The molecule has 0 saturated carbocycles. The van der Waals surface area contributed by atoms with Crippen LogP contribution in [-0.4, -0.2) is 8.07 Å². The molecular weight excluding hydrogens is 136 g/mol. The minimum Gasteiger partial charge on any atom is -0.0805 e. The Balaban J connectivity index is 2.46. The second kappa shape index (κ2) is 2.75. The lowest BCUT2D eigenvalue weighted by Gasteiger charge is -2.14. The van der Waals surface area contributed by atoms with E-state index in [1.807, 2.05) is 0 Å². The zero-order valence-electron chi connectivity index (χ0n) is 7.15. The van der Waals surface area contributed by atoms with Gasteiger partial charge in [0.25, 0.3) is 0 Å². The van der Waals surface area contributed by atoms with Crippen LogP contribution >= 0.6 is 0 Å². The van der Waals surface area contributed by atoms with Gasteiger partial charge in [-0.15, -0.1) is 0 Å². The summed E-state index contributed by atoms with van der Waals surface area (Å²) in [4.78, 5) is 0. The summed E-state index contributed by atoms with van der Waals surface area (Å²) in [6, 6.07) is 1.35. The first kappa shape index (κ1) is 7.80. The van der Waals surface area contributed by atoms with Gasteiger partial charge in [-0.25, -0.2) is 0 Å². The molecule has 0 aromatic heterocycles. The molecular formula is C9H16Si. The highest BCUT2D eigenvalue weighted by Crippen LogP contribution is 2.20. The molecule has 0 aromatic rings. The molecule has 0 nitrogen and oxygen atoms in total. The lowest BCUT2D eigenvalue weighted by atomic mass is 10.3. The monoisotopic (exact) mass is 152 g/mol. The van der Waals surface area contributed by atoms with Crippen LogP contribution < -0.4 is 0 Å². The van der Waals surface area contributed by atoms with E-state index in [9.17, 15) is 0 Å². The Labute approximate surface area is 64.7 Å². The number of hydrogen-bond acceptors (Lipinski definition) is 0. The van der Waals surface area contributed by atoms with E-state index in [-0.39, 0.29) is 0 Å². The zero-order chi connectivity index (χ0) is 7.61. The van der Waals surface area contributed by atoms with Crippen molar-refractivity contribution < 1.29 is 0 Å². The lowest BCUT2D eigenvalue weighted by molar-refractivity contribution is 1.38. The van der Waals surface area contributed by atoms with Gasteiger partial charge in [0.05, 0.1) is 0 Å². The van der Waals surface area contributed by atoms with E-state index in [0.29, 0.717) is 0 Å². The third-order valence-corrected chi connectivity index (χ3v) is 3.05. The Morgan fingerprint density at radius 1 is 1.40 bits per heavy atom. The molecule has 0 radical (unpaired) electrons. The Hall–Kier alpha value is -0.303. The van der Waals surface area contributed by atoms with E-state index in [0.717, 1.165) is 0 Å². The molecule has 1 rings (SSSR count). The standard InChI is InChI=1S/C9H16Si/c1-10(2,3)8-9-6-4-5-7-9/h4,6-7H,5,8H2,1-3H3. The van der Waals surface area contributed by atoms with Crippen molar-refractivity contribution >= 4 is 8.07 Å². The molecule has 0 aliphatic heterocycles. The van der Waals surface area contributed by atoms with E-state index in [2.05, 4.69) is 37.9 Å². The maximum absolute atomic E-state index is 2.42. The van der Waals surface area contributed by atoms with Crippen molar-refractivity contribution in [2.45, 2.75) is 32.1 Å². The van der Waals surface area contributed by atoms with Gasteiger partial charge in [-0.3, -0.25) is 0 Å². The number of hydrogen-bond donors (Lipinski definition) is 0. The first-order valence-corrected chi connectivity index (χ1v) is 7.64. The molecule has 0 amide bonds. The Kier molecular flexibility index (Phi) is 2.14. The second-order valence-corrected chi connectivity index (χ2v) is 9.63. The normalized spacial score (nSPS) is 17.7. The van der Waals surface area contributed by atoms with Crippen LogP contribution in [-0.2, 0) is 0 Å². The smallest absolute Gasteiger partial charge is 0.0486 e. The molecule has 0 bridgehead atoms. The summed E-state index contributed by atoms with van der Waals surface area (Å²) < 4.78 is 0. The van der Waals surface area contributed by atoms with Crippen LogP contribution in [0.5, 0.6) is 0 Å². The number of allylic oxidation sites excluding steroid dienone is 4. The van der Waals surface area contributed by atoms with Gasteiger partial charge in [-0.1, -0.05) is 43.4 Å². The molecule has 0 heterocycles. The fraction of sp³-hybridized carbons (Fsp3) is 0.556. The summed E-state index contributed by atoms with van der Waals surface area (Å²) in [5, 5.41) is 0. The van der Waals surface area contributed by atoms with E-state index in [4.69, 9.17) is 0 Å². The van der Waals surface area contributed by atoms with Gasteiger partial charge in [0.15, 0.2) is 0 Å². The molecule has 10 heavy (non-hydrogen) atoms. The highest BCUT2D eigenvalue weighted by molar-refractivity contribution is 6.76. The third-order valence-electron chi connectivity index (χ3n) is 1.58. The van der Waals surface area contributed by atoms with Crippen molar-refractivity contribution in [1.82, 2.24) is 0 Å². The van der Waals surface area contributed by atoms with Gasteiger partial charge in [-0.2, -0.15) is 0 Å². The SMILES string of the molecule is C[Si](C)(C)CC1=CCC=C1. The predicted octanol–water partition coefficient (Wildman–Crippen LogP) is 3.21. The van der Waals surface area contributed by atoms with Gasteiger partial charge < -0.3 is 0 Å². The van der Waals surface area contributed by atoms with Gasteiger partial charge in [0, 0.05) is 8.07 Å². The van der Waals surface area contributed by atoms with Gasteiger partial charge in [0.1, 0.15) is 0 Å². The van der Waals surface area contributed by atoms with Crippen molar-refractivity contribution in [2.75, 3.05) is 0 Å². The maximum Gasteiger partial charge on any atom is 0.0486 e. The van der Waals surface area contributed by atoms with E-state index in [1.54, 1.807) is 5.57 Å². The van der Waals surface area contributed by atoms with Gasteiger partial charge >= 0.3 is 0 Å². The molecule has 1 heteroatoms. The van der Waals surface area contributed by atoms with Crippen LogP contribution in [0.4, 0.5) is 0 Å². The molecule has 56 valence electrons. The molecule has 0 unspecified atom stereocenters. The van der Waals surface area contributed by atoms with Crippen molar-refractivity contribution in [1.29, 1.82) is 0 Å². The van der Waals surface area contributed by atoms with Crippen molar-refractivity contribution in [3.8, 4) is 0 Å². The molecule has 0 N–H and O–H groups in total. The molecule has 0 atom stereocenters. The summed E-state index contributed by atoms with van der Waals surface area (Å²) in [6.45, 7) is 7.25. The van der Waals surface area contributed by atoms with Crippen LogP contribution in [0.2, 0.25) is 25.7 Å². The Morgan fingerprint density at radius 3 is 2.50 bits per heavy atom. The summed E-state index contributed by atoms with van der Waals surface area (Å²) in [5.74, 6) is 0. The molecule has 1 aliphatic rings. The minimum absolute atomic E-state index is 0.842. The average molecular weight is 152 g/mol. The fourth-order valence-electron chi connectivity index (χ4n) is 1.25. The third kappa shape index (κ3) is 2.52. The average Bonchev–Trinajstić information content (AvgIpc) is 2.12. The summed E-state index contributed by atoms with van der Waals surface area (Å²) in [6.07, 6.45) is 8.03. The van der Waals surface area contributed by atoms with Crippen LogP contribution in [0.1, 0.15) is 6.42 Å². The highest BCUT2D eigenvalue weighted by atomic mass is 28.3. The fourth-order valence-corrected chi connectivity index (χ4v) is 2.74. The summed E-state index contributed by atoms with van der Waals surface area (Å²) in [5.41, 5.74) is 1.57. The minimum atomic E-state index is -0.842. The first-order chi connectivity index (χ1) is 4.58. The topological polar surface area (TPSA) is 0 Å². The highest BCUT2D eigenvalue weighted by Gasteiger charge is 2.14. The summed E-state index contributed by atoms with van der Waals surface area (Å²) >= 11 is 0. The van der Waals surface area contributed by atoms with Crippen molar-refractivity contribution in [3.05, 3.63) is 23.8 Å². The number of rotatable bonds is 2. The zero-order valence-corrected chi connectivity index (χ0v) is 8.15. The van der Waals surface area contributed by atoms with Crippen molar-refractivity contribution in [2.24, 2.45) is 0 Å². The molecule has 0 spiro atoms. The van der Waals surface area contributed by atoms with E-state index >= 15 is 0 Å². The summed E-state index contributed by atoms with van der Waals surface area (Å²) in [7, 11) is -0.842. The quantitative estimate of drug-likeness (QED) is 0.533. The van der Waals surface area contributed by atoms with Crippen LogP contribution in [0.15, 0.2) is 23.8 Å². The van der Waals surface area contributed by atoms with Gasteiger partial charge in [0.2, 0.25) is 0 Å². The molecule has 1 aliphatic carbocycles. The van der Waals surface area contributed by atoms with Crippen LogP contribution in [0.3, 0.4) is 0 Å². The predicted molar refractivity (Wildman–Crippen MR) is 50.0 cm³/mol.